The van der Waals surface area contributed by atoms with Crippen molar-refractivity contribution in [2.24, 2.45) is 0 Å². The Kier molecular flexibility index (Phi) is 2.60. The SMILES string of the molecule is Nc1cc(F)c(Br)cc1OC1COC1. The van der Waals surface area contributed by atoms with Gasteiger partial charge in [0.1, 0.15) is 17.7 Å². The van der Waals surface area contributed by atoms with Crippen LogP contribution in [0, 0.1) is 5.82 Å². The zero-order valence-electron chi connectivity index (χ0n) is 7.30. The first-order chi connectivity index (χ1) is 6.66. The molecule has 0 bridgehead atoms. The van der Waals surface area contributed by atoms with E-state index in [9.17, 15) is 4.39 Å². The van der Waals surface area contributed by atoms with Gasteiger partial charge in [-0.15, -0.1) is 0 Å². The van der Waals surface area contributed by atoms with E-state index in [1.165, 1.54) is 12.1 Å². The molecule has 0 spiro atoms. The van der Waals surface area contributed by atoms with E-state index in [1.54, 1.807) is 0 Å². The Hall–Kier alpha value is -0.810. The largest absolute Gasteiger partial charge is 0.483 e. The third kappa shape index (κ3) is 1.83. The Morgan fingerprint density at radius 3 is 2.79 bits per heavy atom. The maximum atomic E-state index is 13.0. The van der Waals surface area contributed by atoms with Gasteiger partial charge in [-0.25, -0.2) is 4.39 Å². The van der Waals surface area contributed by atoms with E-state index < -0.39 is 0 Å². The number of anilines is 1. The first-order valence-electron chi connectivity index (χ1n) is 4.16. The van der Waals surface area contributed by atoms with Crippen molar-refractivity contribution >= 4 is 21.6 Å². The fourth-order valence-electron chi connectivity index (χ4n) is 1.11. The normalized spacial score (nSPS) is 16.4. The molecule has 5 heteroatoms. The molecule has 0 unspecified atom stereocenters. The molecular formula is C9H9BrFNO2. The summed E-state index contributed by atoms with van der Waals surface area (Å²) >= 11 is 3.07. The predicted octanol–water partition coefficient (Wildman–Crippen LogP) is 1.95. The average Bonchev–Trinajstić information content (AvgIpc) is 2.06. The van der Waals surface area contributed by atoms with Crippen LogP contribution in [0.1, 0.15) is 0 Å². The van der Waals surface area contributed by atoms with Gasteiger partial charge in [0.25, 0.3) is 0 Å². The molecule has 1 aromatic rings. The number of ether oxygens (including phenoxy) is 2. The van der Waals surface area contributed by atoms with Crippen molar-refractivity contribution in [1.29, 1.82) is 0 Å². The molecule has 3 nitrogen and oxygen atoms in total. The van der Waals surface area contributed by atoms with Crippen LogP contribution in [0.3, 0.4) is 0 Å². The molecule has 0 aliphatic carbocycles. The first-order valence-corrected chi connectivity index (χ1v) is 4.95. The van der Waals surface area contributed by atoms with Gasteiger partial charge in [0.15, 0.2) is 0 Å². The third-order valence-corrected chi connectivity index (χ3v) is 2.56. The van der Waals surface area contributed by atoms with Crippen molar-refractivity contribution in [3.63, 3.8) is 0 Å². The van der Waals surface area contributed by atoms with Gasteiger partial charge in [0, 0.05) is 6.07 Å². The molecule has 2 rings (SSSR count). The lowest BCUT2D eigenvalue weighted by Gasteiger charge is -2.27. The number of rotatable bonds is 2. The van der Waals surface area contributed by atoms with Gasteiger partial charge in [-0.1, -0.05) is 0 Å². The van der Waals surface area contributed by atoms with Crippen molar-refractivity contribution in [2.75, 3.05) is 18.9 Å². The van der Waals surface area contributed by atoms with Crippen molar-refractivity contribution in [3.05, 3.63) is 22.4 Å². The van der Waals surface area contributed by atoms with Gasteiger partial charge in [-0.3, -0.25) is 0 Å². The van der Waals surface area contributed by atoms with E-state index in [2.05, 4.69) is 15.9 Å². The number of nitrogen functional groups attached to an aromatic ring is 1. The van der Waals surface area contributed by atoms with Crippen LogP contribution < -0.4 is 10.5 Å². The van der Waals surface area contributed by atoms with Gasteiger partial charge in [-0.05, 0) is 22.0 Å². The molecule has 76 valence electrons. The van der Waals surface area contributed by atoms with E-state index >= 15 is 0 Å². The first kappa shape index (κ1) is 9.73. The standard InChI is InChI=1S/C9H9BrFNO2/c10-6-1-9(8(12)2-7(6)11)14-5-3-13-4-5/h1-2,5H,3-4,12H2. The minimum Gasteiger partial charge on any atom is -0.483 e. The van der Waals surface area contributed by atoms with Crippen molar-refractivity contribution < 1.29 is 13.9 Å². The monoisotopic (exact) mass is 261 g/mol. The molecular weight excluding hydrogens is 253 g/mol. The van der Waals surface area contributed by atoms with Crippen LogP contribution in [0.25, 0.3) is 0 Å². The summed E-state index contributed by atoms with van der Waals surface area (Å²) in [7, 11) is 0. The van der Waals surface area contributed by atoms with Gasteiger partial charge in [0.05, 0.1) is 23.4 Å². The quantitative estimate of drug-likeness (QED) is 0.828. The van der Waals surface area contributed by atoms with E-state index in [-0.39, 0.29) is 11.9 Å². The molecule has 2 N–H and O–H groups in total. The maximum Gasteiger partial charge on any atom is 0.145 e. The van der Waals surface area contributed by atoms with Crippen LogP contribution in [0.15, 0.2) is 16.6 Å². The molecule has 1 aliphatic rings. The highest BCUT2D eigenvalue weighted by atomic mass is 79.9. The van der Waals surface area contributed by atoms with Gasteiger partial charge < -0.3 is 15.2 Å². The topological polar surface area (TPSA) is 44.5 Å². The summed E-state index contributed by atoms with van der Waals surface area (Å²) in [5.74, 6) is 0.103. The van der Waals surface area contributed by atoms with E-state index in [0.717, 1.165) is 0 Å². The molecule has 0 amide bonds. The second-order valence-corrected chi connectivity index (χ2v) is 3.94. The molecule has 0 atom stereocenters. The highest BCUT2D eigenvalue weighted by molar-refractivity contribution is 9.10. The Balaban J connectivity index is 2.19. The highest BCUT2D eigenvalue weighted by Gasteiger charge is 2.21. The highest BCUT2D eigenvalue weighted by Crippen LogP contribution is 2.30. The van der Waals surface area contributed by atoms with Crippen LogP contribution in [-0.2, 0) is 4.74 Å². The second kappa shape index (κ2) is 3.74. The minimum absolute atomic E-state index is 0.0367. The molecule has 0 saturated carbocycles. The number of nitrogens with two attached hydrogens (primary N) is 1. The summed E-state index contributed by atoms with van der Waals surface area (Å²) in [6, 6.07) is 2.77. The van der Waals surface area contributed by atoms with E-state index in [0.29, 0.717) is 29.1 Å². The zero-order valence-corrected chi connectivity index (χ0v) is 8.88. The molecule has 1 heterocycles. The fraction of sp³-hybridized carbons (Fsp3) is 0.333. The molecule has 0 radical (unpaired) electrons. The molecule has 14 heavy (non-hydrogen) atoms. The fourth-order valence-corrected chi connectivity index (χ4v) is 1.43. The lowest BCUT2D eigenvalue weighted by atomic mass is 10.2. The summed E-state index contributed by atoms with van der Waals surface area (Å²) in [4.78, 5) is 0. The Morgan fingerprint density at radius 2 is 2.21 bits per heavy atom. The molecule has 1 aliphatic heterocycles. The number of benzene rings is 1. The Bertz CT molecular complexity index is 355. The molecule has 1 fully saturated rings. The molecule has 0 aromatic heterocycles. The summed E-state index contributed by atoms with van der Waals surface area (Å²) in [6.07, 6.45) is 0.0367. The number of hydrogen-bond donors (Lipinski definition) is 1. The van der Waals surface area contributed by atoms with Crippen LogP contribution in [0.2, 0.25) is 0 Å². The Labute approximate surface area is 89.1 Å². The summed E-state index contributed by atoms with van der Waals surface area (Å²) in [5.41, 5.74) is 5.89. The van der Waals surface area contributed by atoms with Gasteiger partial charge >= 0.3 is 0 Å². The summed E-state index contributed by atoms with van der Waals surface area (Å²) < 4.78 is 23.8. The van der Waals surface area contributed by atoms with Crippen LogP contribution in [0.5, 0.6) is 5.75 Å². The van der Waals surface area contributed by atoms with Crippen molar-refractivity contribution in [3.8, 4) is 5.75 Å². The van der Waals surface area contributed by atoms with Gasteiger partial charge in [0.2, 0.25) is 0 Å². The van der Waals surface area contributed by atoms with Crippen LogP contribution >= 0.6 is 15.9 Å². The van der Waals surface area contributed by atoms with Gasteiger partial charge in [-0.2, -0.15) is 0 Å². The zero-order chi connectivity index (χ0) is 10.1. The molecule has 1 saturated heterocycles. The summed E-state index contributed by atoms with van der Waals surface area (Å²) in [6.45, 7) is 1.13. The molecule has 1 aromatic carbocycles. The second-order valence-electron chi connectivity index (χ2n) is 3.08. The van der Waals surface area contributed by atoms with Crippen LogP contribution in [-0.4, -0.2) is 19.3 Å². The van der Waals surface area contributed by atoms with Crippen molar-refractivity contribution in [2.45, 2.75) is 6.10 Å². The summed E-state index contributed by atoms with van der Waals surface area (Å²) in [5, 5.41) is 0. The van der Waals surface area contributed by atoms with E-state index in [1.807, 2.05) is 0 Å². The smallest absolute Gasteiger partial charge is 0.145 e. The lowest BCUT2D eigenvalue weighted by Crippen LogP contribution is -2.38. The van der Waals surface area contributed by atoms with Crippen molar-refractivity contribution in [1.82, 2.24) is 0 Å². The van der Waals surface area contributed by atoms with E-state index in [4.69, 9.17) is 15.2 Å². The number of halogens is 2. The number of hydrogen-bond acceptors (Lipinski definition) is 3. The van der Waals surface area contributed by atoms with Crippen LogP contribution in [0.4, 0.5) is 10.1 Å². The lowest BCUT2D eigenvalue weighted by molar-refractivity contribution is -0.0794. The predicted molar refractivity (Wildman–Crippen MR) is 53.7 cm³/mol. The maximum absolute atomic E-state index is 13.0. The Morgan fingerprint density at radius 1 is 1.50 bits per heavy atom. The average molecular weight is 262 g/mol. The third-order valence-electron chi connectivity index (χ3n) is 1.95. The minimum atomic E-state index is -0.389.